The van der Waals surface area contributed by atoms with Gasteiger partial charge in [-0.15, -0.1) is 11.3 Å². The highest BCUT2D eigenvalue weighted by molar-refractivity contribution is 9.10. The third-order valence-corrected chi connectivity index (χ3v) is 5.34. The molecule has 7 heteroatoms. The molecule has 1 unspecified atom stereocenters. The summed E-state index contributed by atoms with van der Waals surface area (Å²) in [4.78, 5) is 13.0. The van der Waals surface area contributed by atoms with Crippen LogP contribution in [0.25, 0.3) is 0 Å². The number of thiophene rings is 1. The molecule has 0 saturated heterocycles. The molecule has 0 spiro atoms. The molecule has 1 aromatic rings. The molecule has 1 aromatic heterocycles. The predicted molar refractivity (Wildman–Crippen MR) is 96.7 cm³/mol. The first kappa shape index (κ1) is 19.7. The second kappa shape index (κ2) is 8.52. The van der Waals surface area contributed by atoms with Crippen LogP contribution in [0.1, 0.15) is 39.5 Å². The SMILES string of the molecule is CC(C)C(CNCc1cc(Br)c(Cl)s1)NC(=O)OC(C)(C)C. The molecule has 0 aliphatic carbocycles. The van der Waals surface area contributed by atoms with Gasteiger partial charge >= 0.3 is 6.09 Å². The van der Waals surface area contributed by atoms with Crippen LogP contribution in [-0.4, -0.2) is 24.3 Å². The fourth-order valence-electron chi connectivity index (χ4n) is 1.74. The second-order valence-corrected chi connectivity index (χ2v) is 9.06. The number of amides is 1. The van der Waals surface area contributed by atoms with Crippen molar-refractivity contribution in [2.75, 3.05) is 6.54 Å². The Kier molecular flexibility index (Phi) is 7.65. The minimum Gasteiger partial charge on any atom is -0.444 e. The third kappa shape index (κ3) is 7.31. The monoisotopic (exact) mass is 410 g/mol. The first-order chi connectivity index (χ1) is 10.1. The van der Waals surface area contributed by atoms with E-state index in [4.69, 9.17) is 16.3 Å². The van der Waals surface area contributed by atoms with Crippen molar-refractivity contribution < 1.29 is 9.53 Å². The van der Waals surface area contributed by atoms with Gasteiger partial charge in [-0.25, -0.2) is 4.79 Å². The number of nitrogens with one attached hydrogen (secondary N) is 2. The number of ether oxygens (including phenoxy) is 1. The average Bonchev–Trinajstić information content (AvgIpc) is 2.65. The number of carbonyl (C=O) groups is 1. The summed E-state index contributed by atoms with van der Waals surface area (Å²) >= 11 is 11.0. The molecule has 1 rings (SSSR count). The Morgan fingerprint density at radius 3 is 2.55 bits per heavy atom. The highest BCUT2D eigenvalue weighted by Gasteiger charge is 2.21. The quantitative estimate of drug-likeness (QED) is 0.706. The van der Waals surface area contributed by atoms with Crippen LogP contribution < -0.4 is 10.6 Å². The lowest BCUT2D eigenvalue weighted by Gasteiger charge is -2.26. The number of alkyl carbamates (subject to hydrolysis) is 1. The van der Waals surface area contributed by atoms with Crippen LogP contribution >= 0.6 is 38.9 Å². The molecular formula is C15H24BrClN2O2S. The Morgan fingerprint density at radius 2 is 2.09 bits per heavy atom. The van der Waals surface area contributed by atoms with Crippen LogP contribution in [0.3, 0.4) is 0 Å². The first-order valence-corrected chi connectivity index (χ1v) is 9.21. The fourth-order valence-corrected chi connectivity index (χ4v) is 3.50. The summed E-state index contributed by atoms with van der Waals surface area (Å²) in [6.45, 7) is 11.1. The van der Waals surface area contributed by atoms with E-state index in [0.29, 0.717) is 12.5 Å². The molecule has 4 nitrogen and oxygen atoms in total. The maximum absolute atomic E-state index is 11.9. The molecule has 0 aliphatic rings. The molecule has 2 N–H and O–H groups in total. The Bertz CT molecular complexity index is 481. The van der Waals surface area contributed by atoms with E-state index in [2.05, 4.69) is 40.4 Å². The molecular weight excluding hydrogens is 388 g/mol. The van der Waals surface area contributed by atoms with Crippen molar-refractivity contribution in [2.45, 2.75) is 52.8 Å². The van der Waals surface area contributed by atoms with Crippen molar-refractivity contribution in [3.63, 3.8) is 0 Å². The Labute approximate surface area is 150 Å². The van der Waals surface area contributed by atoms with E-state index in [-0.39, 0.29) is 12.1 Å². The van der Waals surface area contributed by atoms with Crippen molar-refractivity contribution >= 4 is 45.0 Å². The molecule has 0 radical (unpaired) electrons. The standard InChI is InChI=1S/C15H24BrClN2O2S/c1-9(2)12(19-14(20)21-15(3,4)5)8-18-7-10-6-11(16)13(17)22-10/h6,9,12,18H,7-8H2,1-5H3,(H,19,20). The van der Waals surface area contributed by atoms with E-state index in [1.165, 1.54) is 0 Å². The lowest BCUT2D eigenvalue weighted by Crippen LogP contribution is -2.46. The highest BCUT2D eigenvalue weighted by Crippen LogP contribution is 2.31. The Morgan fingerprint density at radius 1 is 1.45 bits per heavy atom. The first-order valence-electron chi connectivity index (χ1n) is 7.22. The number of hydrogen-bond donors (Lipinski definition) is 2. The maximum Gasteiger partial charge on any atom is 0.407 e. The highest BCUT2D eigenvalue weighted by atomic mass is 79.9. The summed E-state index contributed by atoms with van der Waals surface area (Å²) in [6.07, 6.45) is -0.380. The van der Waals surface area contributed by atoms with Gasteiger partial charge in [0.15, 0.2) is 0 Å². The molecule has 1 atom stereocenters. The molecule has 0 aromatic carbocycles. The summed E-state index contributed by atoms with van der Waals surface area (Å²) in [7, 11) is 0. The predicted octanol–water partition coefficient (Wildman–Crippen LogP) is 4.80. The lowest BCUT2D eigenvalue weighted by atomic mass is 10.0. The topological polar surface area (TPSA) is 50.4 Å². The van der Waals surface area contributed by atoms with E-state index in [9.17, 15) is 4.79 Å². The molecule has 0 saturated carbocycles. The van der Waals surface area contributed by atoms with Gasteiger partial charge in [0.25, 0.3) is 0 Å². The lowest BCUT2D eigenvalue weighted by molar-refractivity contribution is 0.0490. The number of hydrogen-bond acceptors (Lipinski definition) is 4. The van der Waals surface area contributed by atoms with Crippen LogP contribution in [0.2, 0.25) is 4.34 Å². The zero-order valence-electron chi connectivity index (χ0n) is 13.6. The van der Waals surface area contributed by atoms with Gasteiger partial charge in [0, 0.05) is 28.5 Å². The molecule has 22 heavy (non-hydrogen) atoms. The van der Waals surface area contributed by atoms with Gasteiger partial charge in [-0.1, -0.05) is 25.4 Å². The van der Waals surface area contributed by atoms with E-state index in [0.717, 1.165) is 20.2 Å². The van der Waals surface area contributed by atoms with Gasteiger partial charge in [-0.2, -0.15) is 0 Å². The van der Waals surface area contributed by atoms with Gasteiger partial charge in [-0.05, 0) is 48.7 Å². The summed E-state index contributed by atoms with van der Waals surface area (Å²) in [6, 6.07) is 2.01. The van der Waals surface area contributed by atoms with Crippen LogP contribution in [0.4, 0.5) is 4.79 Å². The van der Waals surface area contributed by atoms with Crippen LogP contribution in [0.5, 0.6) is 0 Å². The van der Waals surface area contributed by atoms with Crippen molar-refractivity contribution in [2.24, 2.45) is 5.92 Å². The Hall–Kier alpha value is -0.300. The normalized spacial score (nSPS) is 13.3. The largest absolute Gasteiger partial charge is 0.444 e. The zero-order chi connectivity index (χ0) is 16.9. The number of halogens is 2. The van der Waals surface area contributed by atoms with Crippen LogP contribution in [-0.2, 0) is 11.3 Å². The molecule has 0 fully saturated rings. The van der Waals surface area contributed by atoms with E-state index >= 15 is 0 Å². The molecule has 126 valence electrons. The fraction of sp³-hybridized carbons (Fsp3) is 0.667. The van der Waals surface area contributed by atoms with Crippen molar-refractivity contribution in [3.8, 4) is 0 Å². The Balaban J connectivity index is 2.46. The molecule has 0 aliphatic heterocycles. The minimum atomic E-state index is -0.487. The maximum atomic E-state index is 11.9. The van der Waals surface area contributed by atoms with Crippen LogP contribution in [0.15, 0.2) is 10.5 Å². The van der Waals surface area contributed by atoms with Gasteiger partial charge in [0.05, 0.1) is 0 Å². The van der Waals surface area contributed by atoms with Crippen molar-refractivity contribution in [1.29, 1.82) is 0 Å². The summed E-state index contributed by atoms with van der Waals surface area (Å²) < 4.78 is 6.98. The smallest absolute Gasteiger partial charge is 0.407 e. The summed E-state index contributed by atoms with van der Waals surface area (Å²) in [5, 5.41) is 6.27. The number of rotatable bonds is 6. The zero-order valence-corrected chi connectivity index (χ0v) is 16.8. The average molecular weight is 412 g/mol. The molecule has 1 heterocycles. The van der Waals surface area contributed by atoms with Crippen LogP contribution in [0, 0.1) is 5.92 Å². The molecule has 1 amide bonds. The van der Waals surface area contributed by atoms with Gasteiger partial charge in [-0.3, -0.25) is 0 Å². The van der Waals surface area contributed by atoms with Gasteiger partial charge in [0.2, 0.25) is 0 Å². The number of carbonyl (C=O) groups excluding carboxylic acids is 1. The summed E-state index contributed by atoms with van der Waals surface area (Å²) in [5.74, 6) is 0.304. The van der Waals surface area contributed by atoms with E-state index < -0.39 is 5.60 Å². The minimum absolute atomic E-state index is 0.00808. The molecule has 0 bridgehead atoms. The third-order valence-electron chi connectivity index (χ3n) is 2.87. The second-order valence-electron chi connectivity index (χ2n) is 6.46. The van der Waals surface area contributed by atoms with E-state index in [1.807, 2.05) is 26.8 Å². The van der Waals surface area contributed by atoms with Gasteiger partial charge in [0.1, 0.15) is 9.94 Å². The van der Waals surface area contributed by atoms with E-state index in [1.54, 1.807) is 11.3 Å². The van der Waals surface area contributed by atoms with Crippen molar-refractivity contribution in [1.82, 2.24) is 10.6 Å². The van der Waals surface area contributed by atoms with Crippen molar-refractivity contribution in [3.05, 3.63) is 19.8 Å². The van der Waals surface area contributed by atoms with Gasteiger partial charge < -0.3 is 15.4 Å². The summed E-state index contributed by atoms with van der Waals surface area (Å²) in [5.41, 5.74) is -0.487.